The topological polar surface area (TPSA) is 26.0 Å². The van der Waals surface area contributed by atoms with E-state index >= 15 is 0 Å². The standard InChI is InChI=1S/C17H20FN/c1-12(2)9-13-5-3-6-14(10-13)17(19)15-7-4-8-16(18)11-15/h3-8,10-12,17H,9,19H2,1-2H3. The molecule has 0 fully saturated rings. The van der Waals surface area contributed by atoms with E-state index in [1.165, 1.54) is 17.7 Å². The van der Waals surface area contributed by atoms with Crippen molar-refractivity contribution in [2.45, 2.75) is 26.3 Å². The molecule has 0 saturated heterocycles. The molecular formula is C17H20FN. The lowest BCUT2D eigenvalue weighted by Gasteiger charge is -2.14. The molecule has 0 aromatic heterocycles. The lowest BCUT2D eigenvalue weighted by molar-refractivity contribution is 0.623. The average molecular weight is 257 g/mol. The molecule has 0 bridgehead atoms. The van der Waals surface area contributed by atoms with Gasteiger partial charge in [-0.15, -0.1) is 0 Å². The van der Waals surface area contributed by atoms with Gasteiger partial charge in [0.05, 0.1) is 6.04 Å². The van der Waals surface area contributed by atoms with Gasteiger partial charge in [-0.2, -0.15) is 0 Å². The number of nitrogens with two attached hydrogens (primary N) is 1. The maximum Gasteiger partial charge on any atom is 0.123 e. The molecule has 0 amide bonds. The monoisotopic (exact) mass is 257 g/mol. The largest absolute Gasteiger partial charge is 0.320 e. The lowest BCUT2D eigenvalue weighted by atomic mass is 9.95. The van der Waals surface area contributed by atoms with Gasteiger partial charge in [0.1, 0.15) is 5.82 Å². The van der Waals surface area contributed by atoms with Crippen molar-refractivity contribution in [3.8, 4) is 0 Å². The third-order valence-electron chi connectivity index (χ3n) is 3.16. The summed E-state index contributed by atoms with van der Waals surface area (Å²) in [6.07, 6.45) is 1.03. The van der Waals surface area contributed by atoms with E-state index in [0.29, 0.717) is 5.92 Å². The van der Waals surface area contributed by atoms with Gasteiger partial charge in [0.15, 0.2) is 0 Å². The first-order valence-corrected chi connectivity index (χ1v) is 6.66. The van der Waals surface area contributed by atoms with Crippen LogP contribution < -0.4 is 5.73 Å². The Hall–Kier alpha value is -1.67. The number of rotatable bonds is 4. The fourth-order valence-electron chi connectivity index (χ4n) is 2.28. The maximum absolute atomic E-state index is 13.2. The number of benzene rings is 2. The zero-order chi connectivity index (χ0) is 13.8. The lowest BCUT2D eigenvalue weighted by Crippen LogP contribution is -2.12. The number of halogens is 1. The molecule has 0 spiro atoms. The summed E-state index contributed by atoms with van der Waals surface area (Å²) in [6.45, 7) is 4.39. The molecule has 19 heavy (non-hydrogen) atoms. The quantitative estimate of drug-likeness (QED) is 0.877. The molecule has 0 heterocycles. The molecule has 100 valence electrons. The minimum atomic E-state index is -0.275. The van der Waals surface area contributed by atoms with E-state index < -0.39 is 0 Å². The van der Waals surface area contributed by atoms with Crippen molar-refractivity contribution in [1.29, 1.82) is 0 Å². The van der Waals surface area contributed by atoms with Crippen LogP contribution in [-0.2, 0) is 6.42 Å². The highest BCUT2D eigenvalue weighted by atomic mass is 19.1. The van der Waals surface area contributed by atoms with Crippen LogP contribution in [0.5, 0.6) is 0 Å². The summed E-state index contributed by atoms with van der Waals surface area (Å²) in [5.41, 5.74) is 9.33. The molecule has 0 aliphatic carbocycles. The van der Waals surface area contributed by atoms with E-state index in [4.69, 9.17) is 5.73 Å². The Kier molecular flexibility index (Phi) is 4.33. The summed E-state index contributed by atoms with van der Waals surface area (Å²) >= 11 is 0. The SMILES string of the molecule is CC(C)Cc1cccc(C(N)c2cccc(F)c2)c1. The highest BCUT2D eigenvalue weighted by molar-refractivity contribution is 5.34. The van der Waals surface area contributed by atoms with E-state index in [0.717, 1.165) is 17.5 Å². The molecule has 0 radical (unpaired) electrons. The molecule has 0 aliphatic heterocycles. The normalized spacial score (nSPS) is 12.7. The average Bonchev–Trinajstić information content (AvgIpc) is 2.37. The van der Waals surface area contributed by atoms with E-state index in [-0.39, 0.29) is 11.9 Å². The van der Waals surface area contributed by atoms with Gasteiger partial charge < -0.3 is 5.73 Å². The van der Waals surface area contributed by atoms with Gasteiger partial charge in [-0.25, -0.2) is 4.39 Å². The van der Waals surface area contributed by atoms with Crippen LogP contribution >= 0.6 is 0 Å². The first kappa shape index (κ1) is 13.8. The Balaban J connectivity index is 2.26. The molecule has 2 aromatic rings. The second-order valence-electron chi connectivity index (χ2n) is 5.38. The second-order valence-corrected chi connectivity index (χ2v) is 5.38. The molecule has 1 nitrogen and oxygen atoms in total. The fourth-order valence-corrected chi connectivity index (χ4v) is 2.28. The van der Waals surface area contributed by atoms with Crippen LogP contribution in [0, 0.1) is 11.7 Å². The van der Waals surface area contributed by atoms with E-state index in [9.17, 15) is 4.39 Å². The first-order valence-electron chi connectivity index (χ1n) is 6.66. The summed E-state index contributed by atoms with van der Waals surface area (Å²) in [6, 6.07) is 14.5. The molecule has 2 heteroatoms. The number of hydrogen-bond acceptors (Lipinski definition) is 1. The Labute approximate surface area is 114 Å². The van der Waals surface area contributed by atoms with Crippen LogP contribution in [0.1, 0.15) is 36.6 Å². The summed E-state index contributed by atoms with van der Waals surface area (Å²) in [7, 11) is 0. The van der Waals surface area contributed by atoms with Crippen molar-refractivity contribution in [3.63, 3.8) is 0 Å². The van der Waals surface area contributed by atoms with Crippen LogP contribution in [0.2, 0.25) is 0 Å². The van der Waals surface area contributed by atoms with Crippen LogP contribution in [-0.4, -0.2) is 0 Å². The predicted octanol–water partition coefficient (Wildman–Crippen LogP) is 4.07. The Bertz CT molecular complexity index is 548. The van der Waals surface area contributed by atoms with Crippen molar-refractivity contribution in [1.82, 2.24) is 0 Å². The first-order chi connectivity index (χ1) is 9.06. The van der Waals surface area contributed by atoms with Crippen LogP contribution in [0.3, 0.4) is 0 Å². The van der Waals surface area contributed by atoms with Crippen molar-refractivity contribution in [2.24, 2.45) is 11.7 Å². The molecule has 0 saturated carbocycles. The van der Waals surface area contributed by atoms with E-state index in [1.807, 2.05) is 18.2 Å². The van der Waals surface area contributed by atoms with Gasteiger partial charge in [-0.1, -0.05) is 50.2 Å². The van der Waals surface area contributed by atoms with Crippen LogP contribution in [0.25, 0.3) is 0 Å². The van der Waals surface area contributed by atoms with Crippen molar-refractivity contribution < 1.29 is 4.39 Å². The summed E-state index contributed by atoms with van der Waals surface area (Å²) in [5.74, 6) is 0.368. The summed E-state index contributed by atoms with van der Waals surface area (Å²) in [4.78, 5) is 0. The van der Waals surface area contributed by atoms with Crippen LogP contribution in [0.4, 0.5) is 4.39 Å². The van der Waals surface area contributed by atoms with Gasteiger partial charge in [0.25, 0.3) is 0 Å². The Morgan fingerprint density at radius 1 is 1.00 bits per heavy atom. The third-order valence-corrected chi connectivity index (χ3v) is 3.16. The van der Waals surface area contributed by atoms with Gasteiger partial charge >= 0.3 is 0 Å². The number of hydrogen-bond donors (Lipinski definition) is 1. The third kappa shape index (κ3) is 3.65. The summed E-state index contributed by atoms with van der Waals surface area (Å²) < 4.78 is 13.2. The highest BCUT2D eigenvalue weighted by Crippen LogP contribution is 2.22. The molecule has 2 aromatic carbocycles. The van der Waals surface area contributed by atoms with Crippen molar-refractivity contribution >= 4 is 0 Å². The molecule has 1 unspecified atom stereocenters. The summed E-state index contributed by atoms with van der Waals surface area (Å²) in [5, 5.41) is 0. The van der Waals surface area contributed by atoms with Gasteiger partial charge in [0.2, 0.25) is 0 Å². The fraction of sp³-hybridized carbons (Fsp3) is 0.294. The van der Waals surface area contributed by atoms with Gasteiger partial charge in [-0.3, -0.25) is 0 Å². The zero-order valence-corrected chi connectivity index (χ0v) is 11.4. The molecule has 0 aliphatic rings. The highest BCUT2D eigenvalue weighted by Gasteiger charge is 2.10. The minimum absolute atomic E-state index is 0.244. The van der Waals surface area contributed by atoms with E-state index in [2.05, 4.69) is 26.0 Å². The maximum atomic E-state index is 13.2. The van der Waals surface area contributed by atoms with Gasteiger partial charge in [-0.05, 0) is 41.2 Å². The van der Waals surface area contributed by atoms with Crippen molar-refractivity contribution in [3.05, 3.63) is 71.0 Å². The van der Waals surface area contributed by atoms with Crippen LogP contribution in [0.15, 0.2) is 48.5 Å². The zero-order valence-electron chi connectivity index (χ0n) is 11.4. The molecular weight excluding hydrogens is 237 g/mol. The van der Waals surface area contributed by atoms with Gasteiger partial charge in [0, 0.05) is 0 Å². The molecule has 2 N–H and O–H groups in total. The van der Waals surface area contributed by atoms with E-state index in [1.54, 1.807) is 6.07 Å². The minimum Gasteiger partial charge on any atom is -0.320 e. The Morgan fingerprint density at radius 3 is 2.26 bits per heavy atom. The molecule has 1 atom stereocenters. The second kappa shape index (κ2) is 5.98. The predicted molar refractivity (Wildman–Crippen MR) is 77.4 cm³/mol. The smallest absolute Gasteiger partial charge is 0.123 e. The Morgan fingerprint density at radius 2 is 1.63 bits per heavy atom. The molecule has 2 rings (SSSR count). The van der Waals surface area contributed by atoms with Crippen molar-refractivity contribution in [2.75, 3.05) is 0 Å².